The Hall–Kier alpha value is -0.290. The van der Waals surface area contributed by atoms with Crippen LogP contribution in [0, 0.1) is 19.8 Å². The van der Waals surface area contributed by atoms with Crippen LogP contribution in [-0.4, -0.2) is 29.5 Å². The van der Waals surface area contributed by atoms with Gasteiger partial charge in [0.15, 0.2) is 0 Å². The molecule has 2 rings (SSSR count). The number of halogens is 2. The molecule has 2 N–H and O–H groups in total. The molecule has 1 saturated carbocycles. The van der Waals surface area contributed by atoms with Gasteiger partial charge in [-0.05, 0) is 39.7 Å². The van der Waals surface area contributed by atoms with E-state index < -0.39 is 0 Å². The Balaban J connectivity index is 0.00000144. The Bertz CT molecular complexity index is 347. The molecule has 0 aromatic carbocycles. The molecule has 1 aromatic heterocycles. The van der Waals surface area contributed by atoms with Gasteiger partial charge >= 0.3 is 0 Å². The molecule has 18 heavy (non-hydrogen) atoms. The van der Waals surface area contributed by atoms with Crippen molar-refractivity contribution >= 4 is 24.8 Å². The fraction of sp³-hybridized carbons (Fsp3) is 0.750. The highest BCUT2D eigenvalue weighted by Gasteiger charge is 2.33. The molecule has 1 atom stereocenters. The number of nitrogens with two attached hydrogens (primary N) is 1. The minimum atomic E-state index is 0. The molecule has 0 amide bonds. The summed E-state index contributed by atoms with van der Waals surface area (Å²) in [6.45, 7) is 5.41. The summed E-state index contributed by atoms with van der Waals surface area (Å²) in [5.74, 6) is 2.50. The van der Waals surface area contributed by atoms with E-state index in [1.54, 1.807) is 0 Å². The van der Waals surface area contributed by atoms with Gasteiger partial charge in [-0.15, -0.1) is 24.8 Å². The Morgan fingerprint density at radius 1 is 1.39 bits per heavy atom. The molecule has 1 heterocycles. The van der Waals surface area contributed by atoms with Crippen LogP contribution in [0.2, 0.25) is 0 Å². The molecule has 1 aliphatic carbocycles. The third kappa shape index (κ3) is 4.12. The number of aromatic nitrogens is 1. The van der Waals surface area contributed by atoms with Crippen molar-refractivity contribution in [3.05, 3.63) is 17.3 Å². The number of aryl methyl sites for hydroxylation is 2. The van der Waals surface area contributed by atoms with Gasteiger partial charge in [0.05, 0.1) is 12.2 Å². The average Bonchev–Trinajstić information content (AvgIpc) is 2.97. The van der Waals surface area contributed by atoms with E-state index >= 15 is 0 Å². The lowest BCUT2D eigenvalue weighted by atomic mass is 10.1. The van der Waals surface area contributed by atoms with E-state index in [9.17, 15) is 0 Å². The molecule has 1 fully saturated rings. The van der Waals surface area contributed by atoms with E-state index in [2.05, 4.69) is 16.9 Å². The smallest absolute Gasteiger partial charge is 0.208 e. The predicted molar refractivity (Wildman–Crippen MR) is 77.5 cm³/mol. The van der Waals surface area contributed by atoms with Crippen LogP contribution in [0.5, 0.6) is 0 Å². The zero-order valence-electron chi connectivity index (χ0n) is 11.2. The zero-order chi connectivity index (χ0) is 11.7. The van der Waals surface area contributed by atoms with Gasteiger partial charge in [0.25, 0.3) is 0 Å². The highest BCUT2D eigenvalue weighted by atomic mass is 35.5. The van der Waals surface area contributed by atoms with Gasteiger partial charge in [-0.1, -0.05) is 0 Å². The summed E-state index contributed by atoms with van der Waals surface area (Å²) in [5, 5.41) is 0. The highest BCUT2D eigenvalue weighted by Crippen LogP contribution is 2.34. The number of rotatable bonds is 5. The van der Waals surface area contributed by atoms with E-state index in [0.717, 1.165) is 36.4 Å². The third-order valence-electron chi connectivity index (χ3n) is 3.43. The first-order chi connectivity index (χ1) is 7.61. The molecule has 0 aliphatic heterocycles. The second kappa shape index (κ2) is 7.34. The van der Waals surface area contributed by atoms with Crippen molar-refractivity contribution in [1.82, 2.24) is 9.88 Å². The average molecular weight is 296 g/mol. The molecule has 6 heteroatoms. The number of hydrogen-bond acceptors (Lipinski definition) is 4. The molecule has 106 valence electrons. The van der Waals surface area contributed by atoms with Gasteiger partial charge in [0.1, 0.15) is 5.76 Å². The van der Waals surface area contributed by atoms with Crippen molar-refractivity contribution in [2.45, 2.75) is 39.3 Å². The van der Waals surface area contributed by atoms with Crippen molar-refractivity contribution in [3.63, 3.8) is 0 Å². The van der Waals surface area contributed by atoms with Crippen molar-refractivity contribution in [3.8, 4) is 0 Å². The molecular weight excluding hydrogens is 273 g/mol. The largest absolute Gasteiger partial charge is 0.444 e. The summed E-state index contributed by atoms with van der Waals surface area (Å²) >= 11 is 0. The van der Waals surface area contributed by atoms with Crippen LogP contribution in [-0.2, 0) is 6.54 Å². The topological polar surface area (TPSA) is 55.3 Å². The molecular formula is C12H23Cl2N3O. The van der Waals surface area contributed by atoms with Crippen LogP contribution >= 0.6 is 24.8 Å². The minimum absolute atomic E-state index is 0. The Labute approximate surface area is 121 Å². The summed E-state index contributed by atoms with van der Waals surface area (Å²) in [4.78, 5) is 6.66. The summed E-state index contributed by atoms with van der Waals surface area (Å²) in [6.07, 6.45) is 2.63. The third-order valence-corrected chi connectivity index (χ3v) is 3.43. The summed E-state index contributed by atoms with van der Waals surface area (Å²) in [6, 6.07) is 0.479. The first-order valence-corrected chi connectivity index (χ1v) is 5.95. The van der Waals surface area contributed by atoms with Crippen molar-refractivity contribution in [2.75, 3.05) is 13.6 Å². The summed E-state index contributed by atoms with van der Waals surface area (Å²) in [5.41, 5.74) is 6.80. The van der Waals surface area contributed by atoms with Crippen LogP contribution in [0.15, 0.2) is 4.42 Å². The fourth-order valence-electron chi connectivity index (χ4n) is 2.15. The van der Waals surface area contributed by atoms with E-state index in [1.165, 1.54) is 12.8 Å². The van der Waals surface area contributed by atoms with Gasteiger partial charge in [-0.25, -0.2) is 4.98 Å². The van der Waals surface area contributed by atoms with Crippen molar-refractivity contribution in [2.24, 2.45) is 11.7 Å². The van der Waals surface area contributed by atoms with E-state index in [-0.39, 0.29) is 24.8 Å². The van der Waals surface area contributed by atoms with Crippen LogP contribution in [0.25, 0.3) is 0 Å². The molecule has 0 saturated heterocycles. The number of oxazole rings is 1. The first-order valence-electron chi connectivity index (χ1n) is 5.95. The maximum Gasteiger partial charge on any atom is 0.208 e. The van der Waals surface area contributed by atoms with Gasteiger partial charge < -0.3 is 10.2 Å². The lowest BCUT2D eigenvalue weighted by Gasteiger charge is -2.25. The normalized spacial score (nSPS) is 16.1. The molecule has 0 radical (unpaired) electrons. The predicted octanol–water partition coefficient (Wildman–Crippen LogP) is 2.30. The van der Waals surface area contributed by atoms with Crippen molar-refractivity contribution < 1.29 is 4.42 Å². The molecule has 1 unspecified atom stereocenters. The van der Waals surface area contributed by atoms with Gasteiger partial charge in [-0.2, -0.15) is 0 Å². The minimum Gasteiger partial charge on any atom is -0.444 e. The maximum absolute atomic E-state index is 5.81. The second-order valence-electron chi connectivity index (χ2n) is 4.80. The van der Waals surface area contributed by atoms with Gasteiger partial charge in [-0.3, -0.25) is 4.90 Å². The number of likely N-dealkylation sites (N-methyl/N-ethyl adjacent to an activating group) is 1. The Morgan fingerprint density at radius 2 is 2.00 bits per heavy atom. The first kappa shape index (κ1) is 17.7. The SMILES string of the molecule is Cc1nc(CN(C)C(CN)C2CC2)oc1C.Cl.Cl. The van der Waals surface area contributed by atoms with Crippen molar-refractivity contribution in [1.29, 1.82) is 0 Å². The molecule has 0 bridgehead atoms. The molecule has 0 spiro atoms. The lowest BCUT2D eigenvalue weighted by Crippen LogP contribution is -2.39. The molecule has 1 aromatic rings. The highest BCUT2D eigenvalue weighted by molar-refractivity contribution is 5.85. The Kier molecular flexibility index (Phi) is 7.22. The lowest BCUT2D eigenvalue weighted by molar-refractivity contribution is 0.196. The zero-order valence-corrected chi connectivity index (χ0v) is 12.8. The quantitative estimate of drug-likeness (QED) is 0.906. The maximum atomic E-state index is 5.81. The van der Waals surface area contributed by atoms with E-state index in [0.29, 0.717) is 6.04 Å². The van der Waals surface area contributed by atoms with E-state index in [1.807, 2.05) is 13.8 Å². The van der Waals surface area contributed by atoms with Crippen LogP contribution in [0.1, 0.15) is 30.2 Å². The van der Waals surface area contributed by atoms with Crippen LogP contribution in [0.4, 0.5) is 0 Å². The number of nitrogens with zero attached hydrogens (tertiary/aromatic N) is 2. The van der Waals surface area contributed by atoms with Gasteiger partial charge in [0, 0.05) is 12.6 Å². The van der Waals surface area contributed by atoms with Crippen LogP contribution < -0.4 is 5.73 Å². The van der Waals surface area contributed by atoms with E-state index in [4.69, 9.17) is 10.2 Å². The van der Waals surface area contributed by atoms with Gasteiger partial charge in [0.2, 0.25) is 5.89 Å². The molecule has 1 aliphatic rings. The number of hydrogen-bond donors (Lipinski definition) is 1. The Morgan fingerprint density at radius 3 is 2.39 bits per heavy atom. The fourth-order valence-corrected chi connectivity index (χ4v) is 2.15. The molecule has 4 nitrogen and oxygen atoms in total. The summed E-state index contributed by atoms with van der Waals surface area (Å²) < 4.78 is 5.59. The standard InChI is InChI=1S/C12H21N3O.2ClH/c1-8-9(2)16-12(14-8)7-15(3)11(6-13)10-4-5-10;;/h10-11H,4-7,13H2,1-3H3;2*1H. The summed E-state index contributed by atoms with van der Waals surface area (Å²) in [7, 11) is 2.10. The monoisotopic (exact) mass is 295 g/mol. The second-order valence-corrected chi connectivity index (χ2v) is 4.80. The van der Waals surface area contributed by atoms with Crippen LogP contribution in [0.3, 0.4) is 0 Å².